The van der Waals surface area contributed by atoms with Crippen LogP contribution in [0.1, 0.15) is 33.4 Å². The molecular formula is C48H35BN2S. The average molecular weight is 683 g/mol. The number of imidazole rings is 1. The first-order valence-corrected chi connectivity index (χ1v) is 19.1. The molecule has 0 saturated heterocycles. The van der Waals surface area contributed by atoms with Crippen LogP contribution in [0.2, 0.25) is 0 Å². The summed E-state index contributed by atoms with van der Waals surface area (Å²) in [4.78, 5) is 5.51. The molecule has 0 N–H and O–H groups in total. The van der Waals surface area contributed by atoms with Crippen molar-refractivity contribution in [2.75, 3.05) is 0 Å². The summed E-state index contributed by atoms with van der Waals surface area (Å²) in [6.45, 7) is 9.26. The minimum Gasteiger partial charge on any atom is -0.291 e. The SMILES string of the molecule is Cc1cc(C)c2c(c1)Cc1cc(C)cc(C)c1B2c1ccc(-c2cc3c4ccccc4sc3c3nc4c5ccc6ccccc6c5ccc4n23)cc1. The maximum Gasteiger partial charge on any atom is 0.242 e. The normalized spacial score (nSPS) is 12.9. The van der Waals surface area contributed by atoms with Crippen LogP contribution in [0, 0.1) is 27.7 Å². The van der Waals surface area contributed by atoms with Gasteiger partial charge in [0.25, 0.3) is 0 Å². The number of benzene rings is 7. The molecule has 10 aromatic rings. The zero-order valence-electron chi connectivity index (χ0n) is 29.7. The fourth-order valence-corrected chi connectivity index (χ4v) is 10.8. The first-order chi connectivity index (χ1) is 25.4. The van der Waals surface area contributed by atoms with Gasteiger partial charge in [-0.25, -0.2) is 4.98 Å². The van der Waals surface area contributed by atoms with Crippen molar-refractivity contribution in [1.29, 1.82) is 0 Å². The second kappa shape index (κ2) is 10.9. The molecule has 0 spiro atoms. The number of hydrogen-bond donors (Lipinski definition) is 0. The Morgan fingerprint density at radius 2 is 1.27 bits per heavy atom. The summed E-state index contributed by atoms with van der Waals surface area (Å²) in [5, 5.41) is 7.52. The van der Waals surface area contributed by atoms with Gasteiger partial charge in [0, 0.05) is 20.9 Å². The summed E-state index contributed by atoms with van der Waals surface area (Å²) < 4.78 is 4.95. The minimum atomic E-state index is 0.201. The zero-order valence-corrected chi connectivity index (χ0v) is 30.5. The van der Waals surface area contributed by atoms with Crippen LogP contribution in [0.3, 0.4) is 0 Å². The lowest BCUT2D eigenvalue weighted by Gasteiger charge is -2.31. The number of aryl methyl sites for hydroxylation is 4. The Hall–Kier alpha value is -5.71. The number of fused-ring (bicyclic) bond motifs is 13. The Bertz CT molecular complexity index is 3090. The molecule has 4 heterocycles. The highest BCUT2D eigenvalue weighted by atomic mass is 32.1. The van der Waals surface area contributed by atoms with E-state index in [0.29, 0.717) is 0 Å². The van der Waals surface area contributed by atoms with Crippen LogP contribution in [-0.4, -0.2) is 16.1 Å². The van der Waals surface area contributed by atoms with Crippen molar-refractivity contribution < 1.29 is 0 Å². The predicted molar refractivity (Wildman–Crippen MR) is 225 cm³/mol. The molecule has 0 amide bonds. The first-order valence-electron chi connectivity index (χ1n) is 18.3. The minimum absolute atomic E-state index is 0.201. The van der Waals surface area contributed by atoms with Gasteiger partial charge in [0.15, 0.2) is 5.65 Å². The maximum absolute atomic E-state index is 5.51. The average Bonchev–Trinajstić information content (AvgIpc) is 3.73. The second-order valence-electron chi connectivity index (χ2n) is 15.0. The second-order valence-corrected chi connectivity index (χ2v) is 16.0. The lowest BCUT2D eigenvalue weighted by Crippen LogP contribution is -2.58. The third-order valence-electron chi connectivity index (χ3n) is 11.6. The van der Waals surface area contributed by atoms with Gasteiger partial charge in [-0.15, -0.1) is 11.3 Å². The standard InChI is InChI=1S/C48H35BN2S/c1-27-21-29(3)44-33(23-27)25-34-24-28(2)22-30(4)45(34)49(44)35-16-13-32(14-17-35)42-26-40-38-11-7-8-12-43(38)52-47(40)48-50-46-39-18-15-31-9-5-6-10-36(31)37(39)19-20-41(46)51(42)48/h5-24,26H,25H2,1-4H3. The molecule has 2 nitrogen and oxygen atoms in total. The zero-order chi connectivity index (χ0) is 34.8. The van der Waals surface area contributed by atoms with Gasteiger partial charge in [-0.05, 0) is 85.2 Å². The highest BCUT2D eigenvalue weighted by molar-refractivity contribution is 7.26. The Morgan fingerprint density at radius 1 is 0.596 bits per heavy atom. The van der Waals surface area contributed by atoms with E-state index < -0.39 is 0 Å². The summed E-state index contributed by atoms with van der Waals surface area (Å²) in [5.74, 6) is 0. The maximum atomic E-state index is 5.51. The number of nitrogens with zero attached hydrogens (tertiary/aromatic N) is 2. The molecule has 0 radical (unpaired) electrons. The van der Waals surface area contributed by atoms with E-state index >= 15 is 0 Å². The van der Waals surface area contributed by atoms with E-state index in [2.05, 4.69) is 159 Å². The fourth-order valence-electron chi connectivity index (χ4n) is 9.59. The van der Waals surface area contributed by atoms with E-state index in [9.17, 15) is 0 Å². The quantitative estimate of drug-likeness (QED) is 0.131. The molecule has 0 unspecified atom stereocenters. The summed E-state index contributed by atoms with van der Waals surface area (Å²) in [7, 11) is 0. The lowest BCUT2D eigenvalue weighted by atomic mass is 9.32. The fraction of sp³-hybridized carbons (Fsp3) is 0.104. The van der Waals surface area contributed by atoms with Gasteiger partial charge < -0.3 is 0 Å². The third kappa shape index (κ3) is 4.22. The summed E-state index contributed by atoms with van der Waals surface area (Å²) in [6, 6.07) is 48.0. The van der Waals surface area contributed by atoms with Gasteiger partial charge >= 0.3 is 0 Å². The highest BCUT2D eigenvalue weighted by Crippen LogP contribution is 2.42. The number of pyridine rings is 1. The third-order valence-corrected chi connectivity index (χ3v) is 12.8. The molecule has 11 rings (SSSR count). The molecule has 1 aliphatic heterocycles. The summed E-state index contributed by atoms with van der Waals surface area (Å²) >= 11 is 1.85. The number of thiophene rings is 1. The van der Waals surface area contributed by atoms with Crippen molar-refractivity contribution in [3.8, 4) is 11.3 Å². The van der Waals surface area contributed by atoms with Crippen LogP contribution in [-0.2, 0) is 6.42 Å². The molecule has 52 heavy (non-hydrogen) atoms. The summed E-state index contributed by atoms with van der Waals surface area (Å²) in [6.07, 6.45) is 0.995. The Balaban J connectivity index is 1.17. The van der Waals surface area contributed by atoms with Crippen molar-refractivity contribution in [1.82, 2.24) is 9.38 Å². The lowest BCUT2D eigenvalue weighted by molar-refractivity contribution is 1.16. The predicted octanol–water partition coefficient (Wildman–Crippen LogP) is 10.5. The Labute approximate surface area is 307 Å². The van der Waals surface area contributed by atoms with Crippen molar-refractivity contribution in [3.05, 3.63) is 161 Å². The molecule has 0 bridgehead atoms. The summed E-state index contributed by atoms with van der Waals surface area (Å²) in [5.41, 5.74) is 18.3. The van der Waals surface area contributed by atoms with Gasteiger partial charge in [-0.2, -0.15) is 0 Å². The molecule has 3 aromatic heterocycles. The van der Waals surface area contributed by atoms with Crippen molar-refractivity contribution in [2.24, 2.45) is 0 Å². The molecule has 0 aliphatic carbocycles. The number of rotatable bonds is 2. The van der Waals surface area contributed by atoms with E-state index in [1.54, 1.807) is 0 Å². The first kappa shape index (κ1) is 30.0. The van der Waals surface area contributed by atoms with Crippen LogP contribution < -0.4 is 16.4 Å². The van der Waals surface area contributed by atoms with Crippen molar-refractivity contribution >= 4 is 92.8 Å². The van der Waals surface area contributed by atoms with Crippen LogP contribution in [0.4, 0.5) is 0 Å². The van der Waals surface area contributed by atoms with E-state index in [1.165, 1.54) is 103 Å². The number of aromatic nitrogens is 2. The monoisotopic (exact) mass is 682 g/mol. The van der Waals surface area contributed by atoms with E-state index in [1.807, 2.05) is 11.3 Å². The molecule has 0 fully saturated rings. The molecule has 0 saturated carbocycles. The van der Waals surface area contributed by atoms with E-state index in [-0.39, 0.29) is 6.71 Å². The smallest absolute Gasteiger partial charge is 0.242 e. The topological polar surface area (TPSA) is 17.3 Å². The molecule has 246 valence electrons. The molecule has 1 aliphatic rings. The van der Waals surface area contributed by atoms with Gasteiger partial charge in [0.1, 0.15) is 0 Å². The molecule has 0 atom stereocenters. The van der Waals surface area contributed by atoms with Crippen LogP contribution in [0.25, 0.3) is 69.7 Å². The van der Waals surface area contributed by atoms with Gasteiger partial charge in [0.2, 0.25) is 6.71 Å². The van der Waals surface area contributed by atoms with Gasteiger partial charge in [-0.3, -0.25) is 4.40 Å². The van der Waals surface area contributed by atoms with Gasteiger partial charge in [0.05, 0.1) is 21.4 Å². The van der Waals surface area contributed by atoms with E-state index in [0.717, 1.165) is 23.1 Å². The molecular weight excluding hydrogens is 647 g/mol. The van der Waals surface area contributed by atoms with Crippen LogP contribution in [0.5, 0.6) is 0 Å². The Morgan fingerprint density at radius 3 is 2.02 bits per heavy atom. The molecule has 7 aromatic carbocycles. The molecule has 4 heteroatoms. The van der Waals surface area contributed by atoms with Crippen molar-refractivity contribution in [3.63, 3.8) is 0 Å². The number of hydrogen-bond acceptors (Lipinski definition) is 2. The van der Waals surface area contributed by atoms with Crippen LogP contribution >= 0.6 is 11.3 Å². The van der Waals surface area contributed by atoms with Crippen molar-refractivity contribution in [2.45, 2.75) is 34.1 Å². The largest absolute Gasteiger partial charge is 0.291 e. The van der Waals surface area contributed by atoms with E-state index in [4.69, 9.17) is 4.98 Å². The van der Waals surface area contributed by atoms with Crippen LogP contribution in [0.15, 0.2) is 127 Å². The Kier molecular flexibility index (Phi) is 6.28. The van der Waals surface area contributed by atoms with Gasteiger partial charge in [-0.1, -0.05) is 148 Å². The highest BCUT2D eigenvalue weighted by Gasteiger charge is 2.33.